The number of fused-ring (bicyclic) bond motifs is 1. The summed E-state index contributed by atoms with van der Waals surface area (Å²) < 4.78 is 19.6. The minimum absolute atomic E-state index is 0.165. The van der Waals surface area contributed by atoms with E-state index in [2.05, 4.69) is 11.0 Å². The average molecular weight is 264 g/mol. The molecule has 0 amide bonds. The van der Waals surface area contributed by atoms with Crippen LogP contribution in [0, 0.1) is 5.82 Å². The summed E-state index contributed by atoms with van der Waals surface area (Å²) in [5, 5.41) is 0. The predicted molar refractivity (Wildman–Crippen MR) is 73.9 cm³/mol. The molecule has 1 heterocycles. The van der Waals surface area contributed by atoms with Crippen molar-refractivity contribution in [3.63, 3.8) is 0 Å². The Bertz CT molecular complexity index is 452. The summed E-state index contributed by atoms with van der Waals surface area (Å²) in [7, 11) is 0. The Hall–Kier alpha value is -1.13. The Morgan fingerprint density at radius 2 is 2.21 bits per heavy atom. The van der Waals surface area contributed by atoms with Crippen LogP contribution in [0.5, 0.6) is 0 Å². The minimum Gasteiger partial charge on any atom is -0.374 e. The molecule has 4 heteroatoms. The number of halogens is 1. The summed E-state index contributed by atoms with van der Waals surface area (Å²) in [4.78, 5) is 2.32. The van der Waals surface area contributed by atoms with Gasteiger partial charge < -0.3 is 15.4 Å². The predicted octanol–water partition coefficient (Wildman–Crippen LogP) is 2.08. The highest BCUT2D eigenvalue weighted by Crippen LogP contribution is 2.33. The summed E-state index contributed by atoms with van der Waals surface area (Å²) in [5.74, 6) is -0.165. The van der Waals surface area contributed by atoms with Gasteiger partial charge in [0.15, 0.2) is 0 Å². The highest BCUT2D eigenvalue weighted by Gasteiger charge is 2.36. The number of rotatable bonds is 3. The molecule has 1 aliphatic carbocycles. The molecule has 19 heavy (non-hydrogen) atoms. The molecule has 3 rings (SSSR count). The van der Waals surface area contributed by atoms with Gasteiger partial charge in [-0.15, -0.1) is 0 Å². The van der Waals surface area contributed by atoms with E-state index in [1.807, 2.05) is 0 Å². The Kier molecular flexibility index (Phi) is 3.71. The highest BCUT2D eigenvalue weighted by atomic mass is 19.1. The van der Waals surface area contributed by atoms with Gasteiger partial charge in [0.05, 0.1) is 18.8 Å². The highest BCUT2D eigenvalue weighted by molar-refractivity contribution is 5.51. The number of hydrogen-bond acceptors (Lipinski definition) is 3. The van der Waals surface area contributed by atoms with Crippen molar-refractivity contribution in [3.8, 4) is 0 Å². The molecule has 1 aromatic carbocycles. The van der Waals surface area contributed by atoms with Gasteiger partial charge in [-0.25, -0.2) is 4.39 Å². The molecule has 1 aromatic rings. The van der Waals surface area contributed by atoms with Crippen LogP contribution in [0.25, 0.3) is 0 Å². The van der Waals surface area contributed by atoms with Crippen LogP contribution in [-0.4, -0.2) is 31.8 Å². The molecule has 2 fully saturated rings. The van der Waals surface area contributed by atoms with E-state index < -0.39 is 0 Å². The first-order valence-electron chi connectivity index (χ1n) is 7.16. The molecule has 2 aliphatic rings. The van der Waals surface area contributed by atoms with E-state index >= 15 is 0 Å². The van der Waals surface area contributed by atoms with E-state index in [1.54, 1.807) is 12.1 Å². The summed E-state index contributed by atoms with van der Waals surface area (Å²) in [6.45, 7) is 2.15. The lowest BCUT2D eigenvalue weighted by Gasteiger charge is -2.39. The number of morpholine rings is 1. The number of hydrogen-bond donors (Lipinski definition) is 1. The van der Waals surface area contributed by atoms with Crippen LogP contribution in [0.1, 0.15) is 24.8 Å². The van der Waals surface area contributed by atoms with E-state index in [0.29, 0.717) is 18.7 Å². The first-order chi connectivity index (χ1) is 9.28. The van der Waals surface area contributed by atoms with Crippen molar-refractivity contribution in [1.29, 1.82) is 0 Å². The lowest BCUT2D eigenvalue weighted by Crippen LogP contribution is -2.48. The second-order valence-electron chi connectivity index (χ2n) is 5.46. The fourth-order valence-corrected chi connectivity index (χ4v) is 3.36. The zero-order chi connectivity index (χ0) is 13.2. The van der Waals surface area contributed by atoms with E-state index in [-0.39, 0.29) is 5.82 Å². The molecule has 2 unspecified atom stereocenters. The van der Waals surface area contributed by atoms with E-state index in [0.717, 1.165) is 43.7 Å². The van der Waals surface area contributed by atoms with Crippen LogP contribution in [0.3, 0.4) is 0 Å². The summed E-state index contributed by atoms with van der Waals surface area (Å²) in [5.41, 5.74) is 7.54. The van der Waals surface area contributed by atoms with Crippen LogP contribution in [0.2, 0.25) is 0 Å². The summed E-state index contributed by atoms with van der Waals surface area (Å²) in [6, 6.07) is 5.72. The molecule has 104 valence electrons. The van der Waals surface area contributed by atoms with Crippen LogP contribution in [0.15, 0.2) is 18.2 Å². The van der Waals surface area contributed by atoms with Crippen LogP contribution in [-0.2, 0) is 11.2 Å². The van der Waals surface area contributed by atoms with Gasteiger partial charge in [-0.2, -0.15) is 0 Å². The summed E-state index contributed by atoms with van der Waals surface area (Å²) >= 11 is 0. The first kappa shape index (κ1) is 12.9. The normalized spacial score (nSPS) is 26.5. The number of anilines is 1. The summed E-state index contributed by atoms with van der Waals surface area (Å²) in [6.07, 6.45) is 4.54. The van der Waals surface area contributed by atoms with Crippen LogP contribution in [0.4, 0.5) is 10.1 Å². The zero-order valence-electron chi connectivity index (χ0n) is 11.1. The van der Waals surface area contributed by atoms with Crippen molar-refractivity contribution in [1.82, 2.24) is 0 Å². The Morgan fingerprint density at radius 1 is 1.32 bits per heavy atom. The van der Waals surface area contributed by atoms with Crippen molar-refractivity contribution < 1.29 is 9.13 Å². The third-order valence-corrected chi connectivity index (χ3v) is 4.19. The van der Waals surface area contributed by atoms with E-state index in [9.17, 15) is 4.39 Å². The molecule has 1 aliphatic heterocycles. The Morgan fingerprint density at radius 3 is 3.05 bits per heavy atom. The van der Waals surface area contributed by atoms with E-state index in [4.69, 9.17) is 10.5 Å². The van der Waals surface area contributed by atoms with Gasteiger partial charge in [-0.1, -0.05) is 0 Å². The maximum Gasteiger partial charge on any atom is 0.125 e. The maximum atomic E-state index is 13.8. The van der Waals surface area contributed by atoms with Gasteiger partial charge in [0.1, 0.15) is 5.82 Å². The molecule has 3 nitrogen and oxygen atoms in total. The molecule has 0 spiro atoms. The van der Waals surface area contributed by atoms with Crippen LogP contribution >= 0.6 is 0 Å². The monoisotopic (exact) mass is 264 g/mol. The Balaban J connectivity index is 1.87. The molecule has 1 saturated heterocycles. The molecule has 2 N–H and O–H groups in total. The lowest BCUT2D eigenvalue weighted by molar-refractivity contribution is 0.0256. The molecule has 1 saturated carbocycles. The van der Waals surface area contributed by atoms with E-state index in [1.165, 1.54) is 6.42 Å². The maximum absolute atomic E-state index is 13.8. The second kappa shape index (κ2) is 5.47. The molecule has 0 aromatic heterocycles. The van der Waals surface area contributed by atoms with Crippen molar-refractivity contribution in [3.05, 3.63) is 29.6 Å². The Labute approximate surface area is 113 Å². The molecule has 0 bridgehead atoms. The third kappa shape index (κ3) is 2.60. The fourth-order valence-electron chi connectivity index (χ4n) is 3.36. The van der Waals surface area contributed by atoms with Gasteiger partial charge in [0.25, 0.3) is 0 Å². The largest absolute Gasteiger partial charge is 0.374 e. The van der Waals surface area contributed by atoms with Crippen LogP contribution < -0.4 is 10.6 Å². The standard InChI is InChI=1S/C15H21FN2O/c16-12-8-11(4-5-17)9-13(10-12)18-6-7-19-15-3-1-2-14(15)18/h8-10,14-15H,1-7,17H2. The fraction of sp³-hybridized carbons (Fsp3) is 0.600. The number of nitrogens with two attached hydrogens (primary N) is 1. The minimum atomic E-state index is -0.165. The van der Waals surface area contributed by atoms with Gasteiger partial charge in [-0.05, 0) is 56.0 Å². The van der Waals surface area contributed by atoms with Gasteiger partial charge in [-0.3, -0.25) is 0 Å². The smallest absolute Gasteiger partial charge is 0.125 e. The van der Waals surface area contributed by atoms with Gasteiger partial charge in [0.2, 0.25) is 0 Å². The number of ether oxygens (including phenoxy) is 1. The molecule has 0 radical (unpaired) electrons. The van der Waals surface area contributed by atoms with Crippen molar-refractivity contribution in [2.75, 3.05) is 24.6 Å². The quantitative estimate of drug-likeness (QED) is 0.908. The second-order valence-corrected chi connectivity index (χ2v) is 5.46. The van der Waals surface area contributed by atoms with Crippen molar-refractivity contribution in [2.45, 2.75) is 37.8 Å². The number of nitrogens with zero attached hydrogens (tertiary/aromatic N) is 1. The molecular weight excluding hydrogens is 243 g/mol. The van der Waals surface area contributed by atoms with Gasteiger partial charge in [0, 0.05) is 12.2 Å². The third-order valence-electron chi connectivity index (χ3n) is 4.19. The topological polar surface area (TPSA) is 38.5 Å². The van der Waals surface area contributed by atoms with Gasteiger partial charge >= 0.3 is 0 Å². The SMILES string of the molecule is NCCc1cc(F)cc(N2CCOC3CCCC32)c1. The first-order valence-corrected chi connectivity index (χ1v) is 7.16. The number of benzene rings is 1. The molecule has 2 atom stereocenters. The van der Waals surface area contributed by atoms with Crippen molar-refractivity contribution in [2.24, 2.45) is 5.73 Å². The van der Waals surface area contributed by atoms with Crippen molar-refractivity contribution >= 4 is 5.69 Å². The lowest BCUT2D eigenvalue weighted by atomic mass is 10.1. The molecular formula is C15H21FN2O. The zero-order valence-corrected chi connectivity index (χ0v) is 11.1. The average Bonchev–Trinajstić information content (AvgIpc) is 2.86.